The average molecular weight is 384 g/mol. The zero-order valence-electron chi connectivity index (χ0n) is 15.1. The lowest BCUT2D eigenvalue weighted by Crippen LogP contribution is -2.17. The van der Waals surface area contributed by atoms with Crippen molar-refractivity contribution in [3.8, 4) is 11.4 Å². The van der Waals surface area contributed by atoms with Crippen molar-refractivity contribution in [1.82, 2.24) is 10.1 Å². The van der Waals surface area contributed by atoms with E-state index in [-0.39, 0.29) is 24.2 Å². The molecule has 140 valence electrons. The molecule has 0 saturated heterocycles. The lowest BCUT2D eigenvalue weighted by Gasteiger charge is -2.09. The summed E-state index contributed by atoms with van der Waals surface area (Å²) < 4.78 is 5.18. The monoisotopic (exact) mass is 384 g/mol. The summed E-state index contributed by atoms with van der Waals surface area (Å²) in [7, 11) is 0. The number of carbonyl (C=O) groups excluding carboxylic acids is 2. The van der Waals surface area contributed by atoms with Crippen LogP contribution < -0.4 is 10.6 Å². The van der Waals surface area contributed by atoms with E-state index in [0.717, 1.165) is 5.56 Å². The predicted octanol–water partition coefficient (Wildman–Crippen LogP) is 3.96. The van der Waals surface area contributed by atoms with Gasteiger partial charge in [-0.15, -0.1) is 0 Å². The molecule has 2 aromatic heterocycles. The molecule has 27 heavy (non-hydrogen) atoms. The number of benzene rings is 1. The van der Waals surface area contributed by atoms with Crippen LogP contribution in [0.3, 0.4) is 0 Å². The van der Waals surface area contributed by atoms with Crippen molar-refractivity contribution in [3.05, 3.63) is 47.0 Å². The molecule has 3 aromatic rings. The van der Waals surface area contributed by atoms with Gasteiger partial charge >= 0.3 is 0 Å². The summed E-state index contributed by atoms with van der Waals surface area (Å²) in [6.07, 6.45) is 0.600. The summed E-state index contributed by atoms with van der Waals surface area (Å²) in [4.78, 5) is 28.1. The third-order valence-corrected chi connectivity index (χ3v) is 4.46. The smallest absolute Gasteiger partial charge is 0.227 e. The third kappa shape index (κ3) is 5.24. The minimum Gasteiger partial charge on any atom is -0.339 e. The molecule has 0 aliphatic heterocycles. The lowest BCUT2D eigenvalue weighted by molar-refractivity contribution is -0.119. The van der Waals surface area contributed by atoms with Gasteiger partial charge in [-0.05, 0) is 35.7 Å². The van der Waals surface area contributed by atoms with Crippen LogP contribution in [0.2, 0.25) is 0 Å². The fraction of sp³-hybridized carbons (Fsp3) is 0.263. The Morgan fingerprint density at radius 1 is 1.11 bits per heavy atom. The van der Waals surface area contributed by atoms with E-state index in [4.69, 9.17) is 4.52 Å². The van der Waals surface area contributed by atoms with Crippen LogP contribution in [0.25, 0.3) is 11.4 Å². The molecule has 0 fully saturated rings. The highest BCUT2D eigenvalue weighted by molar-refractivity contribution is 7.08. The Hall–Kier alpha value is -3.00. The van der Waals surface area contributed by atoms with Gasteiger partial charge in [0.15, 0.2) is 0 Å². The first kappa shape index (κ1) is 18.8. The highest BCUT2D eigenvalue weighted by atomic mass is 32.1. The van der Waals surface area contributed by atoms with E-state index < -0.39 is 0 Å². The van der Waals surface area contributed by atoms with Crippen LogP contribution in [0.4, 0.5) is 11.4 Å². The van der Waals surface area contributed by atoms with Gasteiger partial charge in [0.2, 0.25) is 23.5 Å². The number of amides is 2. The fourth-order valence-corrected chi connectivity index (χ4v) is 2.87. The summed E-state index contributed by atoms with van der Waals surface area (Å²) in [5.41, 5.74) is 2.26. The first-order valence-electron chi connectivity index (χ1n) is 8.57. The fourth-order valence-electron chi connectivity index (χ4n) is 2.23. The summed E-state index contributed by atoms with van der Waals surface area (Å²) in [6.45, 7) is 3.66. The molecule has 2 amide bonds. The van der Waals surface area contributed by atoms with Crippen LogP contribution >= 0.6 is 11.3 Å². The Kier molecular flexibility index (Phi) is 5.97. The van der Waals surface area contributed by atoms with Crippen molar-refractivity contribution in [2.75, 3.05) is 10.6 Å². The van der Waals surface area contributed by atoms with Crippen molar-refractivity contribution in [2.45, 2.75) is 26.7 Å². The Morgan fingerprint density at radius 2 is 1.81 bits per heavy atom. The predicted molar refractivity (Wildman–Crippen MR) is 104 cm³/mol. The normalized spacial score (nSPS) is 10.8. The number of nitrogens with one attached hydrogen (secondary N) is 2. The highest BCUT2D eigenvalue weighted by Crippen LogP contribution is 2.19. The number of thiophene rings is 1. The molecule has 0 saturated carbocycles. The number of aromatic nitrogens is 2. The van der Waals surface area contributed by atoms with Crippen molar-refractivity contribution < 1.29 is 14.1 Å². The van der Waals surface area contributed by atoms with E-state index in [1.807, 2.05) is 30.7 Å². The van der Waals surface area contributed by atoms with Gasteiger partial charge in [0.25, 0.3) is 0 Å². The standard InChI is InChI=1S/C19H20N4O3S/c1-12(2)19(25)21-15-5-3-14(4-6-15)20-16(24)7-8-17-22-18(23-26-17)13-9-10-27-11-13/h3-6,9-12H,7-8H2,1-2H3,(H,20,24)(H,21,25). The molecular formula is C19H20N4O3S. The number of nitrogens with zero attached hydrogens (tertiary/aromatic N) is 2. The van der Waals surface area contributed by atoms with Gasteiger partial charge in [-0.3, -0.25) is 9.59 Å². The number of hydrogen-bond acceptors (Lipinski definition) is 6. The van der Waals surface area contributed by atoms with Gasteiger partial charge in [-0.2, -0.15) is 16.3 Å². The van der Waals surface area contributed by atoms with Crippen molar-refractivity contribution in [2.24, 2.45) is 5.92 Å². The molecule has 0 atom stereocenters. The highest BCUT2D eigenvalue weighted by Gasteiger charge is 2.11. The van der Waals surface area contributed by atoms with Crippen molar-refractivity contribution in [3.63, 3.8) is 0 Å². The third-order valence-electron chi connectivity index (χ3n) is 3.77. The van der Waals surface area contributed by atoms with E-state index in [1.54, 1.807) is 35.6 Å². The molecule has 0 bridgehead atoms. The number of anilines is 2. The summed E-state index contributed by atoms with van der Waals surface area (Å²) >= 11 is 1.56. The molecule has 0 aliphatic rings. The molecule has 0 aliphatic carbocycles. The van der Waals surface area contributed by atoms with Crippen LogP contribution in [0.1, 0.15) is 26.2 Å². The Morgan fingerprint density at radius 3 is 2.44 bits per heavy atom. The first-order valence-corrected chi connectivity index (χ1v) is 9.51. The second-order valence-corrected chi connectivity index (χ2v) is 7.07. The molecule has 0 radical (unpaired) electrons. The van der Waals surface area contributed by atoms with Crippen LogP contribution in [-0.2, 0) is 16.0 Å². The zero-order valence-corrected chi connectivity index (χ0v) is 15.9. The van der Waals surface area contributed by atoms with Crippen LogP contribution in [-0.4, -0.2) is 22.0 Å². The number of carbonyl (C=O) groups is 2. The summed E-state index contributed by atoms with van der Waals surface area (Å²) in [5, 5.41) is 13.4. The minimum atomic E-state index is -0.149. The molecule has 2 heterocycles. The zero-order chi connectivity index (χ0) is 19.2. The maximum absolute atomic E-state index is 12.1. The lowest BCUT2D eigenvalue weighted by atomic mass is 10.2. The van der Waals surface area contributed by atoms with Gasteiger partial charge in [0.05, 0.1) is 0 Å². The Bertz CT molecular complexity index is 901. The number of aryl methyl sites for hydroxylation is 1. The van der Waals surface area contributed by atoms with Crippen LogP contribution in [0, 0.1) is 5.92 Å². The van der Waals surface area contributed by atoms with E-state index in [2.05, 4.69) is 20.8 Å². The maximum atomic E-state index is 12.1. The number of hydrogen-bond donors (Lipinski definition) is 2. The Labute approximate surface area is 160 Å². The molecular weight excluding hydrogens is 364 g/mol. The van der Waals surface area contributed by atoms with Gasteiger partial charge in [0.1, 0.15) is 0 Å². The quantitative estimate of drug-likeness (QED) is 0.642. The molecule has 3 rings (SSSR count). The first-order chi connectivity index (χ1) is 13.0. The summed E-state index contributed by atoms with van der Waals surface area (Å²) in [5.74, 6) is 0.676. The van der Waals surface area contributed by atoms with Crippen LogP contribution in [0.5, 0.6) is 0 Å². The van der Waals surface area contributed by atoms with Gasteiger partial charge in [0, 0.05) is 41.1 Å². The van der Waals surface area contributed by atoms with Gasteiger partial charge in [-0.25, -0.2) is 0 Å². The van der Waals surface area contributed by atoms with E-state index in [9.17, 15) is 9.59 Å². The van der Waals surface area contributed by atoms with Gasteiger partial charge in [-0.1, -0.05) is 19.0 Å². The van der Waals surface area contributed by atoms with Gasteiger partial charge < -0.3 is 15.2 Å². The van der Waals surface area contributed by atoms with E-state index >= 15 is 0 Å². The molecule has 0 spiro atoms. The number of rotatable bonds is 7. The largest absolute Gasteiger partial charge is 0.339 e. The second-order valence-electron chi connectivity index (χ2n) is 6.29. The summed E-state index contributed by atoms with van der Waals surface area (Å²) in [6, 6.07) is 8.91. The average Bonchev–Trinajstić information content (AvgIpc) is 3.33. The van der Waals surface area contributed by atoms with Crippen molar-refractivity contribution >= 4 is 34.5 Å². The molecule has 8 heteroatoms. The molecule has 0 unspecified atom stereocenters. The SMILES string of the molecule is CC(C)C(=O)Nc1ccc(NC(=O)CCc2nc(-c3ccsc3)no2)cc1. The maximum Gasteiger partial charge on any atom is 0.227 e. The molecule has 7 nitrogen and oxygen atoms in total. The molecule has 1 aromatic carbocycles. The Balaban J connectivity index is 1.48. The topological polar surface area (TPSA) is 97.1 Å². The minimum absolute atomic E-state index is 0.0480. The van der Waals surface area contributed by atoms with Crippen LogP contribution in [0.15, 0.2) is 45.6 Å². The molecule has 2 N–H and O–H groups in total. The van der Waals surface area contributed by atoms with E-state index in [1.165, 1.54) is 0 Å². The second kappa shape index (κ2) is 8.59. The van der Waals surface area contributed by atoms with Crippen molar-refractivity contribution in [1.29, 1.82) is 0 Å². The van der Waals surface area contributed by atoms with E-state index in [0.29, 0.717) is 29.5 Å².